The molecule has 3 aromatic rings. The van der Waals surface area contributed by atoms with Crippen molar-refractivity contribution in [3.8, 4) is 0 Å². The van der Waals surface area contributed by atoms with Crippen LogP contribution in [-0.4, -0.2) is 53.6 Å². The van der Waals surface area contributed by atoms with E-state index in [1.54, 1.807) is 0 Å². The number of nitrogens with zero attached hydrogens (tertiary/aromatic N) is 2. The Morgan fingerprint density at radius 1 is 1.18 bits per heavy atom. The molecule has 3 N–H and O–H groups in total. The molecule has 0 spiro atoms. The molecule has 0 fully saturated rings. The van der Waals surface area contributed by atoms with Crippen molar-refractivity contribution < 1.29 is 18.0 Å². The summed E-state index contributed by atoms with van der Waals surface area (Å²) in [6, 6.07) is 5.69. The molecule has 0 bridgehead atoms. The standard InChI is InChI=1S/C24H27N5O4S/c1-34(32,33)11-3-10-25-24(31)14-6-8-19-17(12-14)21-22(26-13-27-23(21)29-19)28-18-5-2-4-16-15(18)7-9-20(16)30/h2,4-5,13-14H,3,6-12H2,1H3,(H,25,31)(H2,26,27,28,29). The van der Waals surface area contributed by atoms with Crippen molar-refractivity contribution in [1.82, 2.24) is 20.3 Å². The zero-order valence-corrected chi connectivity index (χ0v) is 19.8. The van der Waals surface area contributed by atoms with E-state index in [1.165, 1.54) is 12.6 Å². The molecular weight excluding hydrogens is 454 g/mol. The van der Waals surface area contributed by atoms with E-state index < -0.39 is 9.84 Å². The number of Topliss-reactive ketones (excluding diaryl/α,β-unsaturated/α-hetero) is 1. The third-order valence-corrected chi connectivity index (χ3v) is 7.70. The highest BCUT2D eigenvalue weighted by Crippen LogP contribution is 2.37. The number of hydrogen-bond donors (Lipinski definition) is 3. The largest absolute Gasteiger partial charge is 0.356 e. The fourth-order valence-corrected chi connectivity index (χ4v) is 5.65. The minimum atomic E-state index is -3.04. The fourth-order valence-electron chi connectivity index (χ4n) is 4.99. The average Bonchev–Trinajstić information content (AvgIpc) is 3.37. The van der Waals surface area contributed by atoms with Crippen molar-refractivity contribution in [1.29, 1.82) is 0 Å². The van der Waals surface area contributed by atoms with Crippen molar-refractivity contribution in [2.45, 2.75) is 38.5 Å². The number of aromatic nitrogens is 3. The molecule has 34 heavy (non-hydrogen) atoms. The number of H-pyrrole nitrogens is 1. The third kappa shape index (κ3) is 4.42. The quantitative estimate of drug-likeness (QED) is 0.441. The van der Waals surface area contributed by atoms with Gasteiger partial charge in [0.1, 0.15) is 27.6 Å². The summed E-state index contributed by atoms with van der Waals surface area (Å²) in [5.74, 6) is 0.627. The van der Waals surface area contributed by atoms with Crippen molar-refractivity contribution in [2.75, 3.05) is 23.9 Å². The summed E-state index contributed by atoms with van der Waals surface area (Å²) in [5.41, 5.74) is 5.46. The number of ketones is 1. The lowest BCUT2D eigenvalue weighted by Gasteiger charge is -2.22. The molecule has 10 heteroatoms. The lowest BCUT2D eigenvalue weighted by atomic mass is 9.86. The predicted molar refractivity (Wildman–Crippen MR) is 129 cm³/mol. The van der Waals surface area contributed by atoms with Gasteiger partial charge < -0.3 is 15.6 Å². The summed E-state index contributed by atoms with van der Waals surface area (Å²) >= 11 is 0. The number of fused-ring (bicyclic) bond motifs is 4. The van der Waals surface area contributed by atoms with E-state index in [4.69, 9.17) is 0 Å². The Bertz CT molecular complexity index is 1400. The summed E-state index contributed by atoms with van der Waals surface area (Å²) in [5, 5.41) is 7.18. The van der Waals surface area contributed by atoms with Gasteiger partial charge in [-0.1, -0.05) is 12.1 Å². The minimum absolute atomic E-state index is 0.0562. The van der Waals surface area contributed by atoms with E-state index in [0.29, 0.717) is 44.5 Å². The molecular formula is C24H27N5O4S. The summed E-state index contributed by atoms with van der Waals surface area (Å²) in [4.78, 5) is 37.2. The van der Waals surface area contributed by atoms with E-state index in [1.807, 2.05) is 18.2 Å². The molecule has 1 amide bonds. The van der Waals surface area contributed by atoms with Crippen LogP contribution in [0.15, 0.2) is 24.5 Å². The Hall–Kier alpha value is -3.27. The van der Waals surface area contributed by atoms with Crippen molar-refractivity contribution in [3.63, 3.8) is 0 Å². The summed E-state index contributed by atoms with van der Waals surface area (Å²) in [6.07, 6.45) is 6.33. The first-order chi connectivity index (χ1) is 16.3. The van der Waals surface area contributed by atoms with Gasteiger partial charge in [-0.05, 0) is 49.3 Å². The average molecular weight is 482 g/mol. The van der Waals surface area contributed by atoms with Crippen LogP contribution in [0.1, 0.15) is 46.4 Å². The maximum atomic E-state index is 12.8. The number of amides is 1. The van der Waals surface area contributed by atoms with E-state index >= 15 is 0 Å². The summed E-state index contributed by atoms with van der Waals surface area (Å²) < 4.78 is 22.6. The zero-order chi connectivity index (χ0) is 23.9. The molecule has 2 aliphatic carbocycles. The molecule has 2 aromatic heterocycles. The van der Waals surface area contributed by atoms with Crippen molar-refractivity contribution in [2.24, 2.45) is 5.92 Å². The molecule has 0 radical (unpaired) electrons. The van der Waals surface area contributed by atoms with Gasteiger partial charge in [-0.25, -0.2) is 18.4 Å². The van der Waals surface area contributed by atoms with Crippen molar-refractivity contribution >= 4 is 44.1 Å². The molecule has 0 saturated carbocycles. The molecule has 1 aromatic carbocycles. The first-order valence-corrected chi connectivity index (χ1v) is 13.6. The highest BCUT2D eigenvalue weighted by molar-refractivity contribution is 7.90. The minimum Gasteiger partial charge on any atom is -0.356 e. The Morgan fingerprint density at radius 2 is 2.03 bits per heavy atom. The number of anilines is 2. The number of aromatic amines is 1. The van der Waals surface area contributed by atoms with Crippen LogP contribution >= 0.6 is 0 Å². The molecule has 2 aliphatic rings. The molecule has 9 nitrogen and oxygen atoms in total. The molecule has 0 aliphatic heterocycles. The Labute approximate surface area is 197 Å². The van der Waals surface area contributed by atoms with E-state index in [2.05, 4.69) is 25.6 Å². The Morgan fingerprint density at radius 3 is 2.85 bits per heavy atom. The normalized spacial score (nSPS) is 17.4. The van der Waals surface area contributed by atoms with Gasteiger partial charge in [-0.3, -0.25) is 9.59 Å². The summed E-state index contributed by atoms with van der Waals surface area (Å²) in [6.45, 7) is 0.344. The van der Waals surface area contributed by atoms with Crippen LogP contribution in [0.3, 0.4) is 0 Å². The van der Waals surface area contributed by atoms with Gasteiger partial charge >= 0.3 is 0 Å². The highest BCUT2D eigenvalue weighted by Gasteiger charge is 2.29. The van der Waals surface area contributed by atoms with Gasteiger partial charge in [-0.2, -0.15) is 0 Å². The first kappa shape index (κ1) is 22.5. The number of carbonyl (C=O) groups excluding carboxylic acids is 2. The lowest BCUT2D eigenvalue weighted by molar-refractivity contribution is -0.125. The smallest absolute Gasteiger partial charge is 0.223 e. The number of carbonyl (C=O) groups is 2. The second-order valence-electron chi connectivity index (χ2n) is 9.12. The number of sulfone groups is 1. The van der Waals surface area contributed by atoms with Crippen LogP contribution in [0.4, 0.5) is 11.5 Å². The van der Waals surface area contributed by atoms with Crippen LogP contribution in [0.25, 0.3) is 11.0 Å². The number of hydrogen-bond acceptors (Lipinski definition) is 7. The Balaban J connectivity index is 1.37. The van der Waals surface area contributed by atoms with Gasteiger partial charge in [0.25, 0.3) is 0 Å². The van der Waals surface area contributed by atoms with Crippen LogP contribution in [0.5, 0.6) is 0 Å². The van der Waals surface area contributed by atoms with Gasteiger partial charge in [0.15, 0.2) is 5.78 Å². The molecule has 1 unspecified atom stereocenters. The van der Waals surface area contributed by atoms with Crippen LogP contribution in [-0.2, 0) is 33.9 Å². The molecule has 5 rings (SSSR count). The maximum Gasteiger partial charge on any atom is 0.223 e. The second-order valence-corrected chi connectivity index (χ2v) is 11.4. The predicted octanol–water partition coefficient (Wildman–Crippen LogP) is 2.49. The number of nitrogens with one attached hydrogen (secondary N) is 3. The number of aryl methyl sites for hydroxylation is 1. The van der Waals surface area contributed by atoms with E-state index in [9.17, 15) is 18.0 Å². The van der Waals surface area contributed by atoms with Gasteiger partial charge in [-0.15, -0.1) is 0 Å². The van der Waals surface area contributed by atoms with Crippen LogP contribution in [0.2, 0.25) is 0 Å². The summed E-state index contributed by atoms with van der Waals surface area (Å²) in [7, 11) is -3.04. The zero-order valence-electron chi connectivity index (χ0n) is 19.0. The topological polar surface area (TPSA) is 134 Å². The molecule has 0 saturated heterocycles. The van der Waals surface area contributed by atoms with Gasteiger partial charge in [0.2, 0.25) is 5.91 Å². The number of rotatable bonds is 7. The monoisotopic (exact) mass is 481 g/mol. The fraction of sp³-hybridized carbons (Fsp3) is 0.417. The third-order valence-electron chi connectivity index (χ3n) is 6.67. The Kier molecular flexibility index (Phi) is 5.85. The van der Waals surface area contributed by atoms with E-state index in [0.717, 1.165) is 45.5 Å². The van der Waals surface area contributed by atoms with Crippen LogP contribution < -0.4 is 10.6 Å². The van der Waals surface area contributed by atoms with E-state index in [-0.39, 0.29) is 23.4 Å². The molecule has 2 heterocycles. The SMILES string of the molecule is CS(=O)(=O)CCCNC(=O)C1CCc2[nH]c3ncnc(Nc4cccc5c4CCC5=O)c3c2C1. The molecule has 178 valence electrons. The highest BCUT2D eigenvalue weighted by atomic mass is 32.2. The van der Waals surface area contributed by atoms with Gasteiger partial charge in [0, 0.05) is 42.1 Å². The molecule has 1 atom stereocenters. The van der Waals surface area contributed by atoms with Gasteiger partial charge in [0.05, 0.1) is 11.1 Å². The lowest BCUT2D eigenvalue weighted by Crippen LogP contribution is -2.35. The number of benzene rings is 1. The van der Waals surface area contributed by atoms with Crippen LogP contribution in [0, 0.1) is 5.92 Å². The maximum absolute atomic E-state index is 12.8. The second kappa shape index (κ2) is 8.83. The first-order valence-electron chi connectivity index (χ1n) is 11.5. The van der Waals surface area contributed by atoms with Crippen molar-refractivity contribution in [3.05, 3.63) is 46.9 Å².